The Kier molecular flexibility index (Phi) is 2.29. The monoisotopic (exact) mass is 175 g/mol. The molecule has 54 valence electrons. The number of nitrogens with zero attached hydrogens (tertiary/aromatic N) is 1. The van der Waals surface area contributed by atoms with Crippen LogP contribution >= 0.6 is 23.1 Å². The van der Waals surface area contributed by atoms with Crippen molar-refractivity contribution in [2.75, 3.05) is 0 Å². The van der Waals surface area contributed by atoms with E-state index in [4.69, 9.17) is 11.6 Å². The number of aromatic nitrogens is 1. The van der Waals surface area contributed by atoms with Crippen LogP contribution in [0.5, 0.6) is 0 Å². The molecule has 0 atom stereocenters. The second-order valence-corrected chi connectivity index (χ2v) is 3.42. The van der Waals surface area contributed by atoms with Crippen LogP contribution in [-0.2, 0) is 6.54 Å². The van der Waals surface area contributed by atoms with Crippen LogP contribution in [0.25, 0.3) is 0 Å². The Morgan fingerprint density at radius 1 is 1.90 bits per heavy atom. The fourth-order valence-electron chi connectivity index (χ4n) is 0.590. The van der Waals surface area contributed by atoms with Gasteiger partial charge in [-0.15, -0.1) is 6.58 Å². The van der Waals surface area contributed by atoms with Crippen LogP contribution in [0, 0.1) is 0 Å². The normalized spacial score (nSPS) is 9.70. The predicted octanol–water partition coefficient (Wildman–Crippen LogP) is 1.75. The van der Waals surface area contributed by atoms with Gasteiger partial charge in [0.05, 0.1) is 6.54 Å². The van der Waals surface area contributed by atoms with Crippen LogP contribution in [0.4, 0.5) is 0 Å². The van der Waals surface area contributed by atoms with Gasteiger partial charge in [0.2, 0.25) is 0 Å². The molecular weight excluding hydrogens is 170 g/mol. The Bertz CT molecular complexity index is 288. The van der Waals surface area contributed by atoms with E-state index in [1.54, 1.807) is 6.08 Å². The number of halogens is 1. The van der Waals surface area contributed by atoms with Gasteiger partial charge in [0.25, 0.3) is 5.56 Å². The van der Waals surface area contributed by atoms with Gasteiger partial charge in [0.1, 0.15) is 4.34 Å². The van der Waals surface area contributed by atoms with E-state index in [-0.39, 0.29) is 5.56 Å². The van der Waals surface area contributed by atoms with E-state index in [2.05, 4.69) is 6.58 Å². The summed E-state index contributed by atoms with van der Waals surface area (Å²) in [5, 5.41) is 0. The van der Waals surface area contributed by atoms with Crippen molar-refractivity contribution in [3.8, 4) is 0 Å². The molecule has 0 saturated heterocycles. The molecule has 0 aliphatic carbocycles. The van der Waals surface area contributed by atoms with Gasteiger partial charge in [0.15, 0.2) is 0 Å². The van der Waals surface area contributed by atoms with E-state index in [0.29, 0.717) is 10.9 Å². The number of allylic oxidation sites excluding steroid dienone is 1. The molecule has 4 heteroatoms. The van der Waals surface area contributed by atoms with E-state index in [9.17, 15) is 4.79 Å². The first-order valence-electron chi connectivity index (χ1n) is 2.71. The second kappa shape index (κ2) is 3.03. The Labute approximate surface area is 67.5 Å². The fraction of sp³-hybridized carbons (Fsp3) is 0.167. The van der Waals surface area contributed by atoms with Crippen molar-refractivity contribution in [2.24, 2.45) is 0 Å². The number of rotatable bonds is 2. The van der Waals surface area contributed by atoms with E-state index in [1.807, 2.05) is 0 Å². The minimum absolute atomic E-state index is 0.0603. The molecule has 0 unspecified atom stereocenters. The molecule has 0 bridgehead atoms. The highest BCUT2D eigenvalue weighted by Gasteiger charge is 1.97. The van der Waals surface area contributed by atoms with E-state index < -0.39 is 0 Å². The summed E-state index contributed by atoms with van der Waals surface area (Å²) in [4.78, 5) is 10.9. The van der Waals surface area contributed by atoms with Crippen molar-refractivity contribution < 1.29 is 0 Å². The molecule has 0 amide bonds. The first-order chi connectivity index (χ1) is 4.74. The second-order valence-electron chi connectivity index (χ2n) is 1.73. The molecule has 1 aromatic heterocycles. The van der Waals surface area contributed by atoms with Crippen molar-refractivity contribution in [3.05, 3.63) is 33.4 Å². The van der Waals surface area contributed by atoms with Crippen LogP contribution in [0.3, 0.4) is 0 Å². The molecule has 0 aromatic carbocycles. The minimum Gasteiger partial charge on any atom is -0.268 e. The van der Waals surface area contributed by atoms with Crippen molar-refractivity contribution in [2.45, 2.75) is 6.54 Å². The maximum Gasteiger partial charge on any atom is 0.262 e. The lowest BCUT2D eigenvalue weighted by Gasteiger charge is -1.89. The summed E-state index contributed by atoms with van der Waals surface area (Å²) < 4.78 is 2.06. The van der Waals surface area contributed by atoms with Crippen molar-refractivity contribution in [1.29, 1.82) is 0 Å². The van der Waals surface area contributed by atoms with Gasteiger partial charge in [-0.25, -0.2) is 0 Å². The van der Waals surface area contributed by atoms with Crippen molar-refractivity contribution in [3.63, 3.8) is 0 Å². The maximum atomic E-state index is 10.9. The smallest absolute Gasteiger partial charge is 0.262 e. The zero-order valence-corrected chi connectivity index (χ0v) is 6.78. The van der Waals surface area contributed by atoms with Gasteiger partial charge in [-0.3, -0.25) is 8.75 Å². The summed E-state index contributed by atoms with van der Waals surface area (Å²) >= 11 is 6.80. The zero-order valence-electron chi connectivity index (χ0n) is 5.21. The molecule has 1 aromatic rings. The van der Waals surface area contributed by atoms with Gasteiger partial charge < -0.3 is 0 Å². The Morgan fingerprint density at radius 2 is 2.60 bits per heavy atom. The van der Waals surface area contributed by atoms with Crippen LogP contribution in [0.2, 0.25) is 4.34 Å². The van der Waals surface area contributed by atoms with Gasteiger partial charge >= 0.3 is 0 Å². The molecule has 0 aliphatic heterocycles. The van der Waals surface area contributed by atoms with Gasteiger partial charge in [0, 0.05) is 6.07 Å². The molecule has 10 heavy (non-hydrogen) atoms. The summed E-state index contributed by atoms with van der Waals surface area (Å²) in [7, 11) is 0. The summed E-state index contributed by atoms with van der Waals surface area (Å²) in [6.07, 6.45) is 1.66. The molecule has 2 nitrogen and oxygen atoms in total. The van der Waals surface area contributed by atoms with E-state index in [0.717, 1.165) is 0 Å². The quantitative estimate of drug-likeness (QED) is 0.628. The lowest BCUT2D eigenvalue weighted by molar-refractivity contribution is 0.878. The predicted molar refractivity (Wildman–Crippen MR) is 43.8 cm³/mol. The van der Waals surface area contributed by atoms with Crippen LogP contribution < -0.4 is 5.56 Å². The summed E-state index contributed by atoms with van der Waals surface area (Å²) in [5.74, 6) is 0. The number of hydrogen-bond acceptors (Lipinski definition) is 2. The lowest BCUT2D eigenvalue weighted by Crippen LogP contribution is -2.09. The number of hydrogen-bond donors (Lipinski definition) is 0. The standard InChI is InChI=1S/C6H6ClNOS/c1-2-3-8-6(9)4-5(7)10-8/h2,4H,1,3H2. The average Bonchev–Trinajstić information content (AvgIpc) is 2.13. The molecule has 0 fully saturated rings. The Balaban J connectivity index is 3.03. The third kappa shape index (κ3) is 1.49. The third-order valence-corrected chi connectivity index (χ3v) is 2.13. The van der Waals surface area contributed by atoms with E-state index in [1.165, 1.54) is 21.6 Å². The molecule has 0 spiro atoms. The first kappa shape index (κ1) is 7.57. The molecule has 0 saturated carbocycles. The Hall–Kier alpha value is -0.540. The van der Waals surface area contributed by atoms with Gasteiger partial charge in [-0.1, -0.05) is 17.7 Å². The van der Waals surface area contributed by atoms with Gasteiger partial charge in [-0.2, -0.15) is 0 Å². The van der Waals surface area contributed by atoms with Crippen LogP contribution in [0.1, 0.15) is 0 Å². The summed E-state index contributed by atoms with van der Waals surface area (Å²) in [6, 6.07) is 1.40. The van der Waals surface area contributed by atoms with E-state index >= 15 is 0 Å². The molecule has 0 aliphatic rings. The highest BCUT2D eigenvalue weighted by Crippen LogP contribution is 2.11. The van der Waals surface area contributed by atoms with Crippen LogP contribution in [0.15, 0.2) is 23.5 Å². The highest BCUT2D eigenvalue weighted by molar-refractivity contribution is 7.11. The molecule has 1 heterocycles. The fourth-order valence-corrected chi connectivity index (χ4v) is 1.62. The Morgan fingerprint density at radius 3 is 3.00 bits per heavy atom. The molecule has 0 N–H and O–H groups in total. The van der Waals surface area contributed by atoms with Crippen LogP contribution in [-0.4, -0.2) is 3.96 Å². The average molecular weight is 176 g/mol. The maximum absolute atomic E-state index is 10.9. The summed E-state index contributed by atoms with van der Waals surface area (Å²) in [6.45, 7) is 4.05. The molecule has 1 rings (SSSR count). The minimum atomic E-state index is -0.0603. The zero-order chi connectivity index (χ0) is 7.56. The SMILES string of the molecule is C=CCn1sc(Cl)cc1=O. The topological polar surface area (TPSA) is 22.0 Å². The van der Waals surface area contributed by atoms with Crippen molar-refractivity contribution in [1.82, 2.24) is 3.96 Å². The van der Waals surface area contributed by atoms with Crippen molar-refractivity contribution >= 4 is 23.1 Å². The molecule has 0 radical (unpaired) electrons. The lowest BCUT2D eigenvalue weighted by atomic mass is 10.6. The summed E-state index contributed by atoms with van der Waals surface area (Å²) in [5.41, 5.74) is -0.0603. The van der Waals surface area contributed by atoms with Gasteiger partial charge in [-0.05, 0) is 11.5 Å². The highest BCUT2D eigenvalue weighted by atomic mass is 35.5. The third-order valence-electron chi connectivity index (χ3n) is 0.975. The molecular formula is C6H6ClNOS. The first-order valence-corrected chi connectivity index (χ1v) is 3.86. The largest absolute Gasteiger partial charge is 0.268 e.